The summed E-state index contributed by atoms with van der Waals surface area (Å²) in [7, 11) is 0. The van der Waals surface area contributed by atoms with E-state index in [1.165, 1.54) is 6.92 Å². The van der Waals surface area contributed by atoms with Crippen LogP contribution in [0.1, 0.15) is 36.5 Å². The molecule has 2 rings (SSSR count). The van der Waals surface area contributed by atoms with Crippen LogP contribution in [0.25, 0.3) is 0 Å². The number of amides is 1. The van der Waals surface area contributed by atoms with Gasteiger partial charge < -0.3 is 10.4 Å². The van der Waals surface area contributed by atoms with Crippen molar-refractivity contribution in [3.8, 4) is 0 Å². The number of Topliss-reactive ketones (excluding diaryl/α,β-unsaturated/α-hetero) is 1. The molecule has 1 aromatic rings. The Labute approximate surface area is 110 Å². The number of carboxylic acid groups (broad SMARTS) is 1. The van der Waals surface area contributed by atoms with Crippen molar-refractivity contribution in [3.05, 3.63) is 29.8 Å². The maximum atomic E-state index is 12.0. The Bertz CT molecular complexity index is 529. The van der Waals surface area contributed by atoms with E-state index in [1.807, 2.05) is 0 Å². The maximum absolute atomic E-state index is 12.0. The average Bonchev–Trinajstić information content (AvgIpc) is 2.27. The van der Waals surface area contributed by atoms with Gasteiger partial charge in [-0.2, -0.15) is 0 Å². The molecular weight excluding hydrogens is 246 g/mol. The summed E-state index contributed by atoms with van der Waals surface area (Å²) in [4.78, 5) is 34.3. The van der Waals surface area contributed by atoms with Gasteiger partial charge in [0.1, 0.15) is 5.41 Å². The second kappa shape index (κ2) is 4.84. The third kappa shape index (κ3) is 2.36. The first-order chi connectivity index (χ1) is 8.95. The van der Waals surface area contributed by atoms with Gasteiger partial charge >= 0.3 is 5.97 Å². The van der Waals surface area contributed by atoms with Crippen LogP contribution < -0.4 is 5.32 Å². The molecule has 1 aromatic carbocycles. The summed E-state index contributed by atoms with van der Waals surface area (Å²) in [6.45, 7) is 1.46. The maximum Gasteiger partial charge on any atom is 0.319 e. The molecule has 100 valence electrons. The molecule has 0 radical (unpaired) electrons. The van der Waals surface area contributed by atoms with Gasteiger partial charge in [-0.3, -0.25) is 14.4 Å². The van der Waals surface area contributed by atoms with E-state index in [9.17, 15) is 14.4 Å². The Morgan fingerprint density at radius 3 is 2.11 bits per heavy atom. The van der Waals surface area contributed by atoms with Gasteiger partial charge in [-0.1, -0.05) is 6.42 Å². The fourth-order valence-corrected chi connectivity index (χ4v) is 2.11. The lowest BCUT2D eigenvalue weighted by atomic mass is 9.68. The van der Waals surface area contributed by atoms with Gasteiger partial charge in [-0.25, -0.2) is 0 Å². The first-order valence-electron chi connectivity index (χ1n) is 6.11. The number of nitrogens with one attached hydrogen (secondary N) is 1. The van der Waals surface area contributed by atoms with E-state index < -0.39 is 17.3 Å². The summed E-state index contributed by atoms with van der Waals surface area (Å²) in [5.74, 6) is -1.61. The lowest BCUT2D eigenvalue weighted by Crippen LogP contribution is -2.48. The van der Waals surface area contributed by atoms with E-state index >= 15 is 0 Å². The number of anilines is 1. The van der Waals surface area contributed by atoms with Crippen LogP contribution in [0, 0.1) is 5.41 Å². The normalized spacial score (nSPS) is 16.3. The molecule has 0 heterocycles. The highest BCUT2D eigenvalue weighted by Crippen LogP contribution is 2.42. The van der Waals surface area contributed by atoms with Crippen molar-refractivity contribution >= 4 is 23.3 Å². The molecule has 19 heavy (non-hydrogen) atoms. The Morgan fingerprint density at radius 1 is 1.16 bits per heavy atom. The van der Waals surface area contributed by atoms with Crippen molar-refractivity contribution < 1.29 is 19.5 Å². The van der Waals surface area contributed by atoms with Crippen molar-refractivity contribution in [2.75, 3.05) is 5.32 Å². The summed E-state index contributed by atoms with van der Waals surface area (Å²) in [6.07, 6.45) is 1.50. The zero-order chi connectivity index (χ0) is 14.0. The molecule has 1 aliphatic rings. The first kappa shape index (κ1) is 13.3. The molecule has 5 heteroatoms. The summed E-state index contributed by atoms with van der Waals surface area (Å²) in [5.41, 5.74) is -0.226. The standard InChI is InChI=1S/C14H15NO4/c1-9(16)10-3-5-11(6-4-10)15-12(17)14(13(18)19)7-2-8-14/h3-6H,2,7-8H2,1H3,(H,15,17)(H,18,19). The molecular formula is C14H15NO4. The Kier molecular flexibility index (Phi) is 3.38. The number of carbonyl (C=O) groups is 3. The van der Waals surface area contributed by atoms with E-state index in [-0.39, 0.29) is 5.78 Å². The van der Waals surface area contributed by atoms with Crippen LogP contribution in [0.2, 0.25) is 0 Å². The summed E-state index contributed by atoms with van der Waals surface area (Å²) < 4.78 is 0. The predicted molar refractivity (Wildman–Crippen MR) is 69.0 cm³/mol. The number of benzene rings is 1. The van der Waals surface area contributed by atoms with Gasteiger partial charge in [0, 0.05) is 11.3 Å². The Hall–Kier alpha value is -2.17. The van der Waals surface area contributed by atoms with Gasteiger partial charge in [-0.05, 0) is 44.0 Å². The molecule has 1 amide bonds. The summed E-state index contributed by atoms with van der Waals surface area (Å²) in [5, 5.41) is 11.7. The van der Waals surface area contributed by atoms with Crippen LogP contribution in [0.4, 0.5) is 5.69 Å². The van der Waals surface area contributed by atoms with Gasteiger partial charge in [0.2, 0.25) is 5.91 Å². The lowest BCUT2D eigenvalue weighted by Gasteiger charge is -2.35. The van der Waals surface area contributed by atoms with Crippen molar-refractivity contribution in [3.63, 3.8) is 0 Å². The van der Waals surface area contributed by atoms with Crippen LogP contribution >= 0.6 is 0 Å². The molecule has 1 fully saturated rings. The van der Waals surface area contributed by atoms with E-state index in [1.54, 1.807) is 24.3 Å². The smallest absolute Gasteiger partial charge is 0.319 e. The molecule has 0 bridgehead atoms. The lowest BCUT2D eigenvalue weighted by molar-refractivity contribution is -0.159. The van der Waals surface area contributed by atoms with Gasteiger partial charge in [-0.15, -0.1) is 0 Å². The van der Waals surface area contributed by atoms with Crippen LogP contribution in [0.15, 0.2) is 24.3 Å². The number of hydrogen-bond donors (Lipinski definition) is 2. The molecule has 0 atom stereocenters. The first-order valence-corrected chi connectivity index (χ1v) is 6.11. The Morgan fingerprint density at radius 2 is 1.74 bits per heavy atom. The van der Waals surface area contributed by atoms with Crippen molar-refractivity contribution in [1.82, 2.24) is 0 Å². The van der Waals surface area contributed by atoms with Gasteiger partial charge in [0.25, 0.3) is 0 Å². The number of carbonyl (C=O) groups excluding carboxylic acids is 2. The second-order valence-electron chi connectivity index (χ2n) is 4.83. The number of ketones is 1. The number of aliphatic carboxylic acids is 1. The molecule has 0 aliphatic heterocycles. The molecule has 1 aliphatic carbocycles. The van der Waals surface area contributed by atoms with E-state index in [0.29, 0.717) is 24.1 Å². The van der Waals surface area contributed by atoms with Crippen molar-refractivity contribution in [2.45, 2.75) is 26.2 Å². The minimum atomic E-state index is -1.28. The van der Waals surface area contributed by atoms with Gasteiger partial charge in [0.05, 0.1) is 0 Å². The monoisotopic (exact) mass is 261 g/mol. The number of hydrogen-bond acceptors (Lipinski definition) is 3. The summed E-state index contributed by atoms with van der Waals surface area (Å²) >= 11 is 0. The third-order valence-corrected chi connectivity index (χ3v) is 3.60. The van der Waals surface area contributed by atoms with Crippen molar-refractivity contribution in [2.24, 2.45) is 5.41 Å². The molecule has 2 N–H and O–H groups in total. The largest absolute Gasteiger partial charge is 0.480 e. The second-order valence-corrected chi connectivity index (χ2v) is 4.83. The van der Waals surface area contributed by atoms with E-state index in [0.717, 1.165) is 6.42 Å². The number of rotatable bonds is 4. The third-order valence-electron chi connectivity index (χ3n) is 3.60. The van der Waals surface area contributed by atoms with E-state index in [4.69, 9.17) is 5.11 Å². The highest BCUT2D eigenvalue weighted by Gasteiger charge is 2.51. The summed E-state index contributed by atoms with van der Waals surface area (Å²) in [6, 6.07) is 6.41. The highest BCUT2D eigenvalue weighted by molar-refractivity contribution is 6.09. The molecule has 0 saturated heterocycles. The quantitative estimate of drug-likeness (QED) is 0.642. The zero-order valence-electron chi connectivity index (χ0n) is 10.6. The van der Waals surface area contributed by atoms with Crippen molar-refractivity contribution in [1.29, 1.82) is 0 Å². The average molecular weight is 261 g/mol. The minimum Gasteiger partial charge on any atom is -0.480 e. The highest BCUT2D eigenvalue weighted by atomic mass is 16.4. The molecule has 0 aromatic heterocycles. The minimum absolute atomic E-state index is 0.0566. The van der Waals surface area contributed by atoms with Crippen LogP contribution in [0.5, 0.6) is 0 Å². The molecule has 5 nitrogen and oxygen atoms in total. The zero-order valence-corrected chi connectivity index (χ0v) is 10.6. The molecule has 0 unspecified atom stereocenters. The van der Waals surface area contributed by atoms with Crippen LogP contribution in [-0.4, -0.2) is 22.8 Å². The molecule has 0 spiro atoms. The Balaban J connectivity index is 2.11. The van der Waals surface area contributed by atoms with Gasteiger partial charge in [0.15, 0.2) is 5.78 Å². The van der Waals surface area contributed by atoms with Crippen LogP contribution in [0.3, 0.4) is 0 Å². The van der Waals surface area contributed by atoms with E-state index in [2.05, 4.69) is 5.32 Å². The van der Waals surface area contributed by atoms with Crippen LogP contribution in [-0.2, 0) is 9.59 Å². The molecule has 1 saturated carbocycles. The SMILES string of the molecule is CC(=O)c1ccc(NC(=O)C2(C(=O)O)CCC2)cc1. The number of carboxylic acids is 1. The topological polar surface area (TPSA) is 83.5 Å². The fraction of sp³-hybridized carbons (Fsp3) is 0.357. The fourth-order valence-electron chi connectivity index (χ4n) is 2.11. The predicted octanol–water partition coefficient (Wildman–Crippen LogP) is 2.08.